The molecule has 1 aromatic carbocycles. The SMILES string of the molecule is C[C@@H]1CN(CC(=O)N2CC(C)(C)c3cnc(Cc4ccc(F)cc4F)cc32)[C@@H](CN2CCCC2)CN1C(=O)OC(C)(C)C. The molecular weight excluding hydrogens is 552 g/mol. The van der Waals surface area contributed by atoms with Gasteiger partial charge in [-0.2, -0.15) is 0 Å². The predicted octanol–water partition coefficient (Wildman–Crippen LogP) is 4.98. The van der Waals surface area contributed by atoms with Crippen molar-refractivity contribution in [1.29, 1.82) is 0 Å². The Morgan fingerprint density at radius 2 is 1.81 bits per heavy atom. The van der Waals surface area contributed by atoms with Crippen molar-refractivity contribution in [3.63, 3.8) is 0 Å². The van der Waals surface area contributed by atoms with E-state index in [1.165, 1.54) is 12.1 Å². The number of hydrogen-bond acceptors (Lipinski definition) is 6. The summed E-state index contributed by atoms with van der Waals surface area (Å²) in [6.45, 7) is 16.5. The molecule has 2 fully saturated rings. The quantitative estimate of drug-likeness (QED) is 0.468. The number of likely N-dealkylation sites (tertiary alicyclic amines) is 1. The first-order chi connectivity index (χ1) is 20.2. The van der Waals surface area contributed by atoms with Gasteiger partial charge in [0, 0.05) is 73.6 Å². The van der Waals surface area contributed by atoms with Crippen LogP contribution in [0, 0.1) is 11.6 Å². The summed E-state index contributed by atoms with van der Waals surface area (Å²) in [5, 5.41) is 0. The van der Waals surface area contributed by atoms with Crippen LogP contribution in [0.1, 0.15) is 71.2 Å². The molecule has 43 heavy (non-hydrogen) atoms. The maximum atomic E-state index is 14.4. The van der Waals surface area contributed by atoms with Crippen molar-refractivity contribution in [2.24, 2.45) is 0 Å². The average Bonchev–Trinajstić information content (AvgIpc) is 3.51. The summed E-state index contributed by atoms with van der Waals surface area (Å²) in [6.07, 6.45) is 4.00. The van der Waals surface area contributed by atoms with Gasteiger partial charge in [0.25, 0.3) is 0 Å². The van der Waals surface area contributed by atoms with Gasteiger partial charge < -0.3 is 19.4 Å². The molecule has 2 atom stereocenters. The average molecular weight is 598 g/mol. The summed E-state index contributed by atoms with van der Waals surface area (Å²) in [7, 11) is 0. The minimum Gasteiger partial charge on any atom is -0.444 e. The highest BCUT2D eigenvalue weighted by Crippen LogP contribution is 2.41. The van der Waals surface area contributed by atoms with Gasteiger partial charge >= 0.3 is 6.09 Å². The second-order valence-electron chi connectivity index (χ2n) is 14.0. The molecule has 10 heteroatoms. The predicted molar refractivity (Wildman–Crippen MR) is 162 cm³/mol. The number of benzene rings is 1. The van der Waals surface area contributed by atoms with Gasteiger partial charge in [0.2, 0.25) is 5.91 Å². The van der Waals surface area contributed by atoms with Crippen molar-refractivity contribution >= 4 is 17.7 Å². The smallest absolute Gasteiger partial charge is 0.410 e. The highest BCUT2D eigenvalue weighted by atomic mass is 19.1. The molecule has 8 nitrogen and oxygen atoms in total. The zero-order chi connectivity index (χ0) is 31.1. The Labute approximate surface area is 254 Å². The monoisotopic (exact) mass is 597 g/mol. The molecule has 0 unspecified atom stereocenters. The first-order valence-electron chi connectivity index (χ1n) is 15.4. The van der Waals surface area contributed by atoms with E-state index in [-0.39, 0.29) is 42.5 Å². The Morgan fingerprint density at radius 1 is 1.09 bits per heavy atom. The molecule has 0 aliphatic carbocycles. The van der Waals surface area contributed by atoms with Crippen molar-refractivity contribution in [1.82, 2.24) is 19.7 Å². The molecule has 5 rings (SSSR count). The van der Waals surface area contributed by atoms with Gasteiger partial charge in [-0.25, -0.2) is 13.6 Å². The number of pyridine rings is 1. The van der Waals surface area contributed by atoms with Crippen LogP contribution in [0.2, 0.25) is 0 Å². The van der Waals surface area contributed by atoms with Gasteiger partial charge in [0.1, 0.15) is 17.2 Å². The third kappa shape index (κ3) is 7.17. The number of fused-ring (bicyclic) bond motifs is 1. The van der Waals surface area contributed by atoms with Gasteiger partial charge in [0.15, 0.2) is 0 Å². The third-order valence-electron chi connectivity index (χ3n) is 8.79. The Morgan fingerprint density at radius 3 is 2.49 bits per heavy atom. The van der Waals surface area contributed by atoms with Crippen LogP contribution in [-0.4, -0.2) is 95.2 Å². The van der Waals surface area contributed by atoms with Crippen LogP contribution in [0.25, 0.3) is 0 Å². The van der Waals surface area contributed by atoms with Crippen molar-refractivity contribution in [3.8, 4) is 0 Å². The standard InChI is InChI=1S/C33H45F2N5O3/c1-22-17-38(26(18-37-11-7-8-12-37)19-39(22)31(42)43-32(2,3)4)20-30(41)40-21-33(5,6)27-16-36-25(15-29(27)40)13-23-9-10-24(34)14-28(23)35/h9-10,14-16,22,26H,7-8,11-13,17-21H2,1-6H3/t22-,26+/m1/s1. The van der Waals surface area contributed by atoms with Crippen LogP contribution >= 0.6 is 0 Å². The molecule has 0 bridgehead atoms. The lowest BCUT2D eigenvalue weighted by atomic mass is 9.88. The van der Waals surface area contributed by atoms with E-state index in [4.69, 9.17) is 4.74 Å². The minimum absolute atomic E-state index is 0.00435. The van der Waals surface area contributed by atoms with E-state index in [1.54, 1.807) is 6.20 Å². The van der Waals surface area contributed by atoms with Crippen molar-refractivity contribution in [2.45, 2.75) is 83.9 Å². The second kappa shape index (κ2) is 12.1. The van der Waals surface area contributed by atoms with Crippen LogP contribution in [0.15, 0.2) is 30.5 Å². The van der Waals surface area contributed by atoms with E-state index < -0.39 is 17.2 Å². The van der Waals surface area contributed by atoms with E-state index in [0.29, 0.717) is 30.9 Å². The number of amides is 2. The fourth-order valence-electron chi connectivity index (χ4n) is 6.55. The van der Waals surface area contributed by atoms with E-state index in [1.807, 2.05) is 43.6 Å². The van der Waals surface area contributed by atoms with Crippen LogP contribution in [-0.2, 0) is 21.4 Å². The molecule has 2 aromatic rings. The molecule has 0 radical (unpaired) electrons. The van der Waals surface area contributed by atoms with Gasteiger partial charge in [0.05, 0.1) is 12.2 Å². The van der Waals surface area contributed by atoms with Crippen LogP contribution in [0.5, 0.6) is 0 Å². The molecule has 0 spiro atoms. The number of carbonyl (C=O) groups excluding carboxylic acids is 2. The summed E-state index contributed by atoms with van der Waals surface area (Å²) >= 11 is 0. The van der Waals surface area contributed by atoms with E-state index >= 15 is 0 Å². The van der Waals surface area contributed by atoms with Crippen molar-refractivity contribution in [2.75, 3.05) is 50.7 Å². The van der Waals surface area contributed by atoms with Crippen LogP contribution in [0.4, 0.5) is 19.3 Å². The van der Waals surface area contributed by atoms with Gasteiger partial charge in [-0.05, 0) is 71.3 Å². The number of carbonyl (C=O) groups is 2. The summed E-state index contributed by atoms with van der Waals surface area (Å²) in [6, 6.07) is 5.31. The lowest BCUT2D eigenvalue weighted by Crippen LogP contribution is -2.63. The Bertz CT molecular complexity index is 1350. The molecule has 0 saturated carbocycles. The van der Waals surface area contributed by atoms with Crippen LogP contribution < -0.4 is 4.90 Å². The maximum Gasteiger partial charge on any atom is 0.410 e. The van der Waals surface area contributed by atoms with Crippen molar-refractivity contribution in [3.05, 3.63) is 58.9 Å². The summed E-state index contributed by atoms with van der Waals surface area (Å²) in [5.41, 5.74) is 1.85. The van der Waals surface area contributed by atoms with Gasteiger partial charge in [-0.15, -0.1) is 0 Å². The number of rotatable bonds is 6. The van der Waals surface area contributed by atoms with Crippen molar-refractivity contribution < 1.29 is 23.1 Å². The number of nitrogens with zero attached hydrogens (tertiary/aromatic N) is 5. The first kappa shape index (κ1) is 31.3. The second-order valence-corrected chi connectivity index (χ2v) is 14.0. The number of piperazine rings is 1. The van der Waals surface area contributed by atoms with E-state index in [2.05, 4.69) is 28.6 Å². The molecule has 4 heterocycles. The summed E-state index contributed by atoms with van der Waals surface area (Å²) < 4.78 is 33.6. The van der Waals surface area contributed by atoms with E-state index in [0.717, 1.165) is 49.8 Å². The highest BCUT2D eigenvalue weighted by molar-refractivity contribution is 5.97. The lowest BCUT2D eigenvalue weighted by molar-refractivity contribution is -0.121. The third-order valence-corrected chi connectivity index (χ3v) is 8.79. The van der Waals surface area contributed by atoms with Gasteiger partial charge in [-0.1, -0.05) is 19.9 Å². The zero-order valence-electron chi connectivity index (χ0n) is 26.3. The van der Waals surface area contributed by atoms with E-state index in [9.17, 15) is 18.4 Å². The number of ether oxygens (including phenoxy) is 1. The lowest BCUT2D eigenvalue weighted by Gasteiger charge is -2.46. The topological polar surface area (TPSA) is 69.2 Å². The Hall–Kier alpha value is -3.11. The maximum absolute atomic E-state index is 14.4. The molecule has 2 amide bonds. The molecule has 3 aliphatic rings. The fourth-order valence-corrected chi connectivity index (χ4v) is 6.55. The summed E-state index contributed by atoms with van der Waals surface area (Å²) in [5.74, 6) is -1.24. The molecule has 2 saturated heterocycles. The Kier molecular flexibility index (Phi) is 8.82. The molecule has 3 aliphatic heterocycles. The molecule has 234 valence electrons. The number of halogens is 2. The Balaban J connectivity index is 1.35. The normalized spacial score (nSPS) is 22.6. The number of hydrogen-bond donors (Lipinski definition) is 0. The first-order valence-corrected chi connectivity index (χ1v) is 15.4. The fraction of sp³-hybridized carbons (Fsp3) is 0.606. The highest BCUT2D eigenvalue weighted by Gasteiger charge is 2.42. The number of anilines is 1. The summed E-state index contributed by atoms with van der Waals surface area (Å²) in [4.78, 5) is 40.0. The van der Waals surface area contributed by atoms with Crippen LogP contribution in [0.3, 0.4) is 0 Å². The number of aromatic nitrogens is 1. The minimum atomic E-state index is -0.619. The molecule has 1 aromatic heterocycles. The molecule has 0 N–H and O–H groups in total. The largest absolute Gasteiger partial charge is 0.444 e. The van der Waals surface area contributed by atoms with Gasteiger partial charge in [-0.3, -0.25) is 14.7 Å². The molecular formula is C33H45F2N5O3. The zero-order valence-corrected chi connectivity index (χ0v) is 26.3.